The van der Waals surface area contributed by atoms with E-state index in [4.69, 9.17) is 9.84 Å². The van der Waals surface area contributed by atoms with Gasteiger partial charge in [-0.25, -0.2) is 0 Å². The third kappa shape index (κ3) is 4.44. The molecule has 1 aliphatic rings. The lowest BCUT2D eigenvalue weighted by Gasteiger charge is -2.12. The second kappa shape index (κ2) is 7.43. The van der Waals surface area contributed by atoms with Crippen LogP contribution >= 0.6 is 0 Å². The first-order chi connectivity index (χ1) is 10.1. The highest BCUT2D eigenvalue weighted by molar-refractivity contribution is 5.78. The number of hydrogen-bond acceptors (Lipinski definition) is 4. The summed E-state index contributed by atoms with van der Waals surface area (Å²) in [6.45, 7) is 2.51. The summed E-state index contributed by atoms with van der Waals surface area (Å²) in [5.41, 5.74) is 0.924. The molecule has 21 heavy (non-hydrogen) atoms. The zero-order valence-electron chi connectivity index (χ0n) is 12.3. The molecule has 0 aliphatic heterocycles. The van der Waals surface area contributed by atoms with Gasteiger partial charge in [0, 0.05) is 18.6 Å². The van der Waals surface area contributed by atoms with E-state index in [1.165, 1.54) is 0 Å². The molecule has 1 aliphatic carbocycles. The number of benzene rings is 1. The summed E-state index contributed by atoms with van der Waals surface area (Å²) < 4.78 is 5.36. The molecule has 2 rings (SSSR count). The van der Waals surface area contributed by atoms with Crippen LogP contribution in [0, 0.1) is 5.92 Å². The summed E-state index contributed by atoms with van der Waals surface area (Å²) in [4.78, 5) is 12.0. The molecule has 0 aromatic heterocycles. The van der Waals surface area contributed by atoms with Crippen molar-refractivity contribution >= 4 is 5.91 Å². The van der Waals surface area contributed by atoms with Crippen molar-refractivity contribution in [1.29, 1.82) is 0 Å². The molecule has 116 valence electrons. The quantitative estimate of drug-likeness (QED) is 0.727. The number of aliphatic hydroxyl groups is 2. The van der Waals surface area contributed by atoms with Gasteiger partial charge in [-0.1, -0.05) is 12.1 Å². The molecule has 5 heteroatoms. The maximum absolute atomic E-state index is 12.0. The molecule has 0 heterocycles. The van der Waals surface area contributed by atoms with Gasteiger partial charge in [0.15, 0.2) is 0 Å². The van der Waals surface area contributed by atoms with Crippen LogP contribution in [0.15, 0.2) is 24.3 Å². The molecule has 0 bridgehead atoms. The Labute approximate surface area is 124 Å². The van der Waals surface area contributed by atoms with Crippen LogP contribution in [0.1, 0.15) is 25.3 Å². The van der Waals surface area contributed by atoms with Crippen LogP contribution in [0.5, 0.6) is 5.75 Å². The molecule has 1 fully saturated rings. The van der Waals surface area contributed by atoms with Gasteiger partial charge in [-0.05, 0) is 37.5 Å². The zero-order valence-corrected chi connectivity index (χ0v) is 12.3. The molecule has 3 N–H and O–H groups in total. The third-order valence-corrected chi connectivity index (χ3v) is 3.86. The summed E-state index contributed by atoms with van der Waals surface area (Å²) in [6, 6.07) is 7.42. The molecule has 3 atom stereocenters. The van der Waals surface area contributed by atoms with Gasteiger partial charge in [0.05, 0.1) is 19.1 Å². The summed E-state index contributed by atoms with van der Waals surface area (Å²) in [6.07, 6.45) is 0.932. The number of amides is 1. The number of hydrogen-bond donors (Lipinski definition) is 3. The zero-order chi connectivity index (χ0) is 15.2. The van der Waals surface area contributed by atoms with Crippen molar-refractivity contribution in [2.45, 2.75) is 38.3 Å². The Balaban J connectivity index is 1.82. The fourth-order valence-corrected chi connectivity index (χ4v) is 2.75. The Morgan fingerprint density at radius 1 is 1.33 bits per heavy atom. The van der Waals surface area contributed by atoms with Crippen LogP contribution in [-0.2, 0) is 11.2 Å². The minimum Gasteiger partial charge on any atom is -0.494 e. The number of carbonyl (C=O) groups is 1. The van der Waals surface area contributed by atoms with Gasteiger partial charge in [-0.3, -0.25) is 4.79 Å². The first kappa shape index (κ1) is 15.8. The van der Waals surface area contributed by atoms with Gasteiger partial charge >= 0.3 is 0 Å². The second-order valence-electron chi connectivity index (χ2n) is 5.50. The van der Waals surface area contributed by atoms with Crippen molar-refractivity contribution in [3.8, 4) is 5.75 Å². The lowest BCUT2D eigenvalue weighted by Crippen LogP contribution is -2.34. The fourth-order valence-electron chi connectivity index (χ4n) is 2.75. The minimum atomic E-state index is -0.522. The summed E-state index contributed by atoms with van der Waals surface area (Å²) in [5, 5.41) is 21.7. The number of ether oxygens (including phenoxy) is 1. The summed E-state index contributed by atoms with van der Waals surface area (Å²) in [5.74, 6) is 0.613. The number of carbonyl (C=O) groups excluding carboxylic acids is 1. The monoisotopic (exact) mass is 293 g/mol. The Morgan fingerprint density at radius 2 is 2.05 bits per heavy atom. The maximum atomic E-state index is 12.0. The van der Waals surface area contributed by atoms with Crippen molar-refractivity contribution in [2.24, 2.45) is 5.92 Å². The molecule has 0 saturated heterocycles. The highest BCUT2D eigenvalue weighted by Gasteiger charge is 2.33. The van der Waals surface area contributed by atoms with Gasteiger partial charge in [0.1, 0.15) is 5.75 Å². The van der Waals surface area contributed by atoms with E-state index in [0.717, 1.165) is 11.3 Å². The van der Waals surface area contributed by atoms with Gasteiger partial charge in [0.25, 0.3) is 0 Å². The number of aliphatic hydroxyl groups excluding tert-OH is 2. The van der Waals surface area contributed by atoms with Crippen LogP contribution in [0.3, 0.4) is 0 Å². The standard InChI is InChI=1S/C16H23NO4/c1-2-21-14-5-3-11(4-6-14)7-16(20)17-13-8-12(10-18)15(19)9-13/h3-6,12-13,15,18-19H,2,7-10H2,1H3,(H,17,20). The van der Waals surface area contributed by atoms with Gasteiger partial charge in [-0.15, -0.1) is 0 Å². The first-order valence-corrected chi connectivity index (χ1v) is 7.42. The van der Waals surface area contributed by atoms with Crippen LogP contribution < -0.4 is 10.1 Å². The van der Waals surface area contributed by atoms with Crippen molar-refractivity contribution in [3.05, 3.63) is 29.8 Å². The Hall–Kier alpha value is -1.59. The fraction of sp³-hybridized carbons (Fsp3) is 0.562. The van der Waals surface area contributed by atoms with E-state index < -0.39 is 6.10 Å². The van der Waals surface area contributed by atoms with Crippen LogP contribution in [-0.4, -0.2) is 41.5 Å². The summed E-state index contributed by atoms with van der Waals surface area (Å²) >= 11 is 0. The van der Waals surface area contributed by atoms with E-state index in [1.807, 2.05) is 31.2 Å². The molecule has 1 aromatic carbocycles. The van der Waals surface area contributed by atoms with Crippen molar-refractivity contribution in [3.63, 3.8) is 0 Å². The van der Waals surface area contributed by atoms with Gasteiger partial charge in [-0.2, -0.15) is 0 Å². The lowest BCUT2D eigenvalue weighted by atomic mass is 10.1. The average molecular weight is 293 g/mol. The molecule has 1 amide bonds. The predicted octanol–water partition coefficient (Wildman–Crippen LogP) is 0.876. The molecule has 3 unspecified atom stereocenters. The largest absolute Gasteiger partial charge is 0.494 e. The van der Waals surface area contributed by atoms with Crippen molar-refractivity contribution in [2.75, 3.05) is 13.2 Å². The Kier molecular flexibility index (Phi) is 5.59. The summed E-state index contributed by atoms with van der Waals surface area (Å²) in [7, 11) is 0. The highest BCUT2D eigenvalue weighted by atomic mass is 16.5. The van der Waals surface area contributed by atoms with Crippen LogP contribution in [0.4, 0.5) is 0 Å². The molecular formula is C16H23NO4. The van der Waals surface area contributed by atoms with E-state index in [-0.39, 0.29) is 24.5 Å². The highest BCUT2D eigenvalue weighted by Crippen LogP contribution is 2.25. The van der Waals surface area contributed by atoms with E-state index in [2.05, 4.69) is 5.32 Å². The molecule has 5 nitrogen and oxygen atoms in total. The second-order valence-corrected chi connectivity index (χ2v) is 5.50. The molecule has 1 aromatic rings. The molecule has 1 saturated carbocycles. The minimum absolute atomic E-state index is 0.0353. The maximum Gasteiger partial charge on any atom is 0.224 e. The van der Waals surface area contributed by atoms with Gasteiger partial charge in [0.2, 0.25) is 5.91 Å². The molecule has 0 radical (unpaired) electrons. The van der Waals surface area contributed by atoms with Gasteiger partial charge < -0.3 is 20.3 Å². The normalized spacial score (nSPS) is 24.8. The Morgan fingerprint density at radius 3 is 2.62 bits per heavy atom. The smallest absolute Gasteiger partial charge is 0.224 e. The lowest BCUT2D eigenvalue weighted by molar-refractivity contribution is -0.121. The van der Waals surface area contributed by atoms with Crippen LogP contribution in [0.25, 0.3) is 0 Å². The first-order valence-electron chi connectivity index (χ1n) is 7.42. The van der Waals surface area contributed by atoms with E-state index in [0.29, 0.717) is 25.9 Å². The Bertz CT molecular complexity index is 460. The van der Waals surface area contributed by atoms with Crippen molar-refractivity contribution < 1.29 is 19.7 Å². The predicted molar refractivity (Wildman–Crippen MR) is 79.1 cm³/mol. The van der Waals surface area contributed by atoms with E-state index in [1.54, 1.807) is 0 Å². The van der Waals surface area contributed by atoms with Crippen molar-refractivity contribution in [1.82, 2.24) is 5.32 Å². The topological polar surface area (TPSA) is 78.8 Å². The van der Waals surface area contributed by atoms with E-state index >= 15 is 0 Å². The molecule has 0 spiro atoms. The third-order valence-electron chi connectivity index (χ3n) is 3.86. The average Bonchev–Trinajstić information content (AvgIpc) is 2.81. The SMILES string of the molecule is CCOc1ccc(CC(=O)NC2CC(O)C(CO)C2)cc1. The van der Waals surface area contributed by atoms with E-state index in [9.17, 15) is 9.90 Å². The number of nitrogens with one attached hydrogen (secondary N) is 1. The van der Waals surface area contributed by atoms with Crippen LogP contribution in [0.2, 0.25) is 0 Å². The molecular weight excluding hydrogens is 270 g/mol. The number of rotatable bonds is 6.